The number of likely N-dealkylation sites (N-methyl/N-ethyl adjacent to an activating group) is 1. The second-order valence-corrected chi connectivity index (χ2v) is 12.5. The van der Waals surface area contributed by atoms with Crippen molar-refractivity contribution in [1.29, 1.82) is 0 Å². The lowest BCUT2D eigenvalue weighted by atomic mass is 9.51. The average Bonchev–Trinajstić information content (AvgIpc) is 2.96. The molecule has 2 aromatic carbocycles. The minimum Gasteiger partial charge on any atom is -0.462 e. The first kappa shape index (κ1) is 28.3. The average molecular weight is 609 g/mol. The van der Waals surface area contributed by atoms with Crippen molar-refractivity contribution < 1.29 is 18.3 Å². The summed E-state index contributed by atoms with van der Waals surface area (Å²) in [5, 5.41) is 1.67. The maximum atomic E-state index is 14.5. The lowest BCUT2D eigenvalue weighted by molar-refractivity contribution is -0.128. The van der Waals surface area contributed by atoms with E-state index in [1.807, 2.05) is 18.2 Å². The van der Waals surface area contributed by atoms with Crippen molar-refractivity contribution in [1.82, 2.24) is 19.8 Å². The van der Waals surface area contributed by atoms with Gasteiger partial charge in [-0.3, -0.25) is 9.69 Å². The van der Waals surface area contributed by atoms with Crippen LogP contribution in [-0.2, 0) is 17.8 Å². The molecule has 0 unspecified atom stereocenters. The number of anilines is 2. The molecule has 5 aliphatic rings. The monoisotopic (exact) mass is 608 g/mol. The largest absolute Gasteiger partial charge is 0.462 e. The summed E-state index contributed by atoms with van der Waals surface area (Å²) >= 11 is 6.47. The van der Waals surface area contributed by atoms with Crippen LogP contribution in [0.5, 0.6) is 6.01 Å². The summed E-state index contributed by atoms with van der Waals surface area (Å²) in [4.78, 5) is 30.1. The Morgan fingerprint density at radius 3 is 2.56 bits per heavy atom. The van der Waals surface area contributed by atoms with Crippen LogP contribution in [0, 0.1) is 17.7 Å². The van der Waals surface area contributed by atoms with Crippen LogP contribution in [0.15, 0.2) is 42.7 Å². The van der Waals surface area contributed by atoms with Gasteiger partial charge in [0.2, 0.25) is 0 Å². The van der Waals surface area contributed by atoms with E-state index in [2.05, 4.69) is 28.3 Å². The normalized spacial score (nSPS) is 22.7. The van der Waals surface area contributed by atoms with Crippen molar-refractivity contribution in [3.63, 3.8) is 0 Å². The topological polar surface area (TPSA) is 65.0 Å². The van der Waals surface area contributed by atoms with Crippen LogP contribution < -0.4 is 14.5 Å². The Morgan fingerprint density at radius 1 is 1.09 bits per heavy atom. The third kappa shape index (κ3) is 5.08. The van der Waals surface area contributed by atoms with E-state index in [9.17, 15) is 13.6 Å². The zero-order valence-electron chi connectivity index (χ0n) is 24.2. The Bertz CT molecular complexity index is 1580. The molecule has 3 aliphatic carbocycles. The van der Waals surface area contributed by atoms with Crippen molar-refractivity contribution in [2.45, 2.75) is 31.8 Å². The van der Waals surface area contributed by atoms with E-state index < -0.39 is 17.6 Å². The molecule has 1 aromatic heterocycles. The van der Waals surface area contributed by atoms with Gasteiger partial charge in [0.15, 0.2) is 5.83 Å². The lowest BCUT2D eigenvalue weighted by Gasteiger charge is -2.61. The standard InChI is InChI=1S/C32H35ClF2N6O2/c1-19(34)31(42)40-12-10-39(11-13-40)30-23-8-9-41(26-5-3-4-20-6-7-24(35)28(33)27(20)26)18-25(23)36-32(37-30)43-15-14-38(2)29-21-16-22(29)17-21/h3-7,21-22,29H,1,8-18H2,2H3. The predicted octanol–water partition coefficient (Wildman–Crippen LogP) is 4.84. The van der Waals surface area contributed by atoms with Crippen molar-refractivity contribution in [3.05, 3.63) is 64.8 Å². The van der Waals surface area contributed by atoms with E-state index in [-0.39, 0.29) is 5.02 Å². The number of benzene rings is 2. The van der Waals surface area contributed by atoms with Gasteiger partial charge >= 0.3 is 6.01 Å². The Hall–Kier alpha value is -3.50. The maximum absolute atomic E-state index is 14.5. The molecular formula is C32H35ClF2N6O2. The number of hydrogen-bond donors (Lipinski definition) is 0. The summed E-state index contributed by atoms with van der Waals surface area (Å²) in [7, 11) is 2.16. The Balaban J connectivity index is 1.15. The molecule has 4 fully saturated rings. The number of carbonyl (C=O) groups excluding carboxylic acids is 1. The zero-order chi connectivity index (χ0) is 29.8. The number of carbonyl (C=O) groups is 1. The zero-order valence-corrected chi connectivity index (χ0v) is 25.0. The molecule has 3 saturated carbocycles. The van der Waals surface area contributed by atoms with Crippen molar-refractivity contribution in [2.75, 3.05) is 62.7 Å². The molecule has 3 heterocycles. The van der Waals surface area contributed by atoms with Gasteiger partial charge in [0.05, 0.1) is 17.3 Å². The van der Waals surface area contributed by atoms with Crippen molar-refractivity contribution in [2.24, 2.45) is 11.8 Å². The molecule has 0 atom stereocenters. The molecule has 226 valence electrons. The highest BCUT2D eigenvalue weighted by Gasteiger charge is 2.53. The molecule has 1 saturated heterocycles. The molecule has 3 aromatic rings. The van der Waals surface area contributed by atoms with Gasteiger partial charge in [0.25, 0.3) is 5.91 Å². The number of halogens is 3. The molecule has 8 rings (SSSR count). The third-order valence-corrected chi connectivity index (χ3v) is 10.1. The quantitative estimate of drug-likeness (QED) is 0.339. The number of nitrogens with zero attached hydrogens (tertiary/aromatic N) is 6. The molecule has 0 radical (unpaired) electrons. The van der Waals surface area contributed by atoms with Crippen molar-refractivity contribution >= 4 is 39.8 Å². The summed E-state index contributed by atoms with van der Waals surface area (Å²) in [6, 6.07) is 9.99. The fraction of sp³-hybridized carbons (Fsp3) is 0.469. The van der Waals surface area contributed by atoms with E-state index in [0.29, 0.717) is 69.7 Å². The van der Waals surface area contributed by atoms with Crippen LogP contribution in [0.1, 0.15) is 24.1 Å². The lowest BCUT2D eigenvalue weighted by Crippen LogP contribution is -2.63. The van der Waals surface area contributed by atoms with Crippen LogP contribution in [-0.4, -0.2) is 84.6 Å². The van der Waals surface area contributed by atoms with Gasteiger partial charge in [-0.15, -0.1) is 0 Å². The fourth-order valence-electron chi connectivity index (χ4n) is 7.18. The minimum atomic E-state index is -0.943. The second-order valence-electron chi connectivity index (χ2n) is 12.2. The molecule has 0 spiro atoms. The second kappa shape index (κ2) is 11.2. The molecule has 2 bridgehead atoms. The molecule has 8 nitrogen and oxygen atoms in total. The summed E-state index contributed by atoms with van der Waals surface area (Å²) in [5.74, 6) is 0.412. The molecule has 2 aliphatic heterocycles. The third-order valence-electron chi connectivity index (χ3n) is 9.74. The molecular weight excluding hydrogens is 574 g/mol. The summed E-state index contributed by atoms with van der Waals surface area (Å²) in [6.07, 6.45) is 3.38. The number of fused-ring (bicyclic) bond motifs is 2. The van der Waals surface area contributed by atoms with E-state index >= 15 is 0 Å². The Labute approximate surface area is 254 Å². The Morgan fingerprint density at radius 2 is 1.86 bits per heavy atom. The number of rotatable bonds is 8. The van der Waals surface area contributed by atoms with Crippen LogP contribution in [0.3, 0.4) is 0 Å². The first-order valence-electron chi connectivity index (χ1n) is 15.0. The van der Waals surface area contributed by atoms with Gasteiger partial charge in [-0.2, -0.15) is 9.97 Å². The first-order chi connectivity index (χ1) is 20.8. The number of piperazine rings is 1. The molecule has 11 heteroatoms. The van der Waals surface area contributed by atoms with Crippen molar-refractivity contribution in [3.8, 4) is 6.01 Å². The van der Waals surface area contributed by atoms with Crippen LogP contribution in [0.25, 0.3) is 10.8 Å². The predicted molar refractivity (Wildman–Crippen MR) is 163 cm³/mol. The van der Waals surface area contributed by atoms with Gasteiger partial charge in [-0.1, -0.05) is 36.4 Å². The first-order valence-corrected chi connectivity index (χ1v) is 15.4. The van der Waals surface area contributed by atoms with Gasteiger partial charge in [-0.25, -0.2) is 8.78 Å². The van der Waals surface area contributed by atoms with Crippen LogP contribution >= 0.6 is 11.6 Å². The van der Waals surface area contributed by atoms with Crippen LogP contribution in [0.2, 0.25) is 5.02 Å². The van der Waals surface area contributed by atoms with E-state index in [4.69, 9.17) is 26.3 Å². The Kier molecular flexibility index (Phi) is 7.37. The molecule has 43 heavy (non-hydrogen) atoms. The highest BCUT2D eigenvalue weighted by Crippen LogP contribution is 2.55. The van der Waals surface area contributed by atoms with Gasteiger partial charge in [0, 0.05) is 61.9 Å². The van der Waals surface area contributed by atoms with E-state index in [1.54, 1.807) is 6.07 Å². The minimum absolute atomic E-state index is 0.114. The number of ether oxygens (including phenoxy) is 1. The maximum Gasteiger partial charge on any atom is 0.318 e. The smallest absolute Gasteiger partial charge is 0.318 e. The fourth-order valence-corrected chi connectivity index (χ4v) is 7.45. The summed E-state index contributed by atoms with van der Waals surface area (Å²) in [6.45, 7) is 7.36. The van der Waals surface area contributed by atoms with Crippen LogP contribution in [0.4, 0.5) is 20.3 Å². The van der Waals surface area contributed by atoms with Gasteiger partial charge in [0.1, 0.15) is 18.2 Å². The van der Waals surface area contributed by atoms with E-state index in [1.165, 1.54) is 23.8 Å². The highest BCUT2D eigenvalue weighted by molar-refractivity contribution is 6.36. The van der Waals surface area contributed by atoms with Gasteiger partial charge in [-0.05, 0) is 55.7 Å². The number of amides is 1. The summed E-state index contributed by atoms with van der Waals surface area (Å²) in [5.41, 5.74) is 2.73. The number of hydrogen-bond acceptors (Lipinski definition) is 7. The SMILES string of the molecule is C=C(F)C(=O)N1CCN(c2nc(OCCN(C)C3C4CC3C4)nc3c2CCN(c2cccc4ccc(F)c(Cl)c24)C3)CC1. The number of aromatic nitrogens is 2. The highest BCUT2D eigenvalue weighted by atomic mass is 35.5. The molecule has 1 amide bonds. The van der Waals surface area contributed by atoms with E-state index in [0.717, 1.165) is 46.5 Å². The van der Waals surface area contributed by atoms with Gasteiger partial charge < -0.3 is 19.4 Å². The summed E-state index contributed by atoms with van der Waals surface area (Å²) < 4.78 is 34.2. The molecule has 0 N–H and O–H groups in total.